The second kappa shape index (κ2) is 10.4. The summed E-state index contributed by atoms with van der Waals surface area (Å²) in [5, 5.41) is 0. The number of hydrogen-bond acceptors (Lipinski definition) is 2. The van der Waals surface area contributed by atoms with Crippen molar-refractivity contribution in [3.63, 3.8) is 0 Å². The highest BCUT2D eigenvalue weighted by Gasteiger charge is 2.42. The van der Waals surface area contributed by atoms with Gasteiger partial charge in [0.05, 0.1) is 9.60 Å². The third-order valence-electron chi connectivity index (χ3n) is 8.33. The van der Waals surface area contributed by atoms with Crippen LogP contribution in [-0.4, -0.2) is 6.71 Å². The summed E-state index contributed by atoms with van der Waals surface area (Å²) in [7, 11) is 0. The molecule has 2 aliphatic heterocycles. The predicted molar refractivity (Wildman–Crippen MR) is 186 cm³/mol. The first-order chi connectivity index (χ1) is 25.3. The van der Waals surface area contributed by atoms with Crippen molar-refractivity contribution in [3.05, 3.63) is 164 Å². The van der Waals surface area contributed by atoms with Crippen LogP contribution in [0.25, 0.3) is 44.5 Å². The van der Waals surface area contributed by atoms with Gasteiger partial charge in [-0.3, -0.25) is 0 Å². The van der Waals surface area contributed by atoms with Gasteiger partial charge in [-0.05, 0) is 68.5 Å². The quantitative estimate of drug-likeness (QED) is 0.193. The molecule has 2 heterocycles. The van der Waals surface area contributed by atoms with Crippen LogP contribution in [0.5, 0.6) is 23.0 Å². The molecule has 2 aliphatic rings. The molecule has 7 aromatic rings. The van der Waals surface area contributed by atoms with E-state index in [4.69, 9.17) is 13.6 Å². The fraction of sp³-hybridized carbons (Fsp3) is 0. The molecule has 2 nitrogen and oxygen atoms in total. The highest BCUT2D eigenvalue weighted by molar-refractivity contribution is 6.98. The Bertz CT molecular complexity index is 2410. The highest BCUT2D eigenvalue weighted by atomic mass is 16.5. The fourth-order valence-corrected chi connectivity index (χ4v) is 6.25. The molecule has 3 heteroatoms. The average Bonchev–Trinajstić information content (AvgIpc) is 3.17. The Hall–Kier alpha value is -5.80. The van der Waals surface area contributed by atoms with Crippen molar-refractivity contribution < 1.29 is 19.1 Å². The van der Waals surface area contributed by atoms with Crippen molar-refractivity contribution in [1.29, 1.82) is 0 Å². The second-order valence-electron chi connectivity index (χ2n) is 11.0. The Kier molecular flexibility index (Phi) is 4.51. The summed E-state index contributed by atoms with van der Waals surface area (Å²) in [5.74, 6) is 0.332. The third-order valence-corrected chi connectivity index (χ3v) is 8.33. The van der Waals surface area contributed by atoms with Gasteiger partial charge in [-0.1, -0.05) is 139 Å². The summed E-state index contributed by atoms with van der Waals surface area (Å²) in [6.45, 7) is -0.984. The van der Waals surface area contributed by atoms with E-state index in [2.05, 4.69) is 0 Å². The molecule has 45 heavy (non-hydrogen) atoms. The topological polar surface area (TPSA) is 18.5 Å². The smallest absolute Gasteiger partial charge is 0.260 e. The summed E-state index contributed by atoms with van der Waals surface area (Å²) in [6.07, 6.45) is 0. The second-order valence-corrected chi connectivity index (χ2v) is 11.0. The average molecular weight is 582 g/mol. The number of fused-ring (bicyclic) bond motifs is 4. The predicted octanol–water partition coefficient (Wildman–Crippen LogP) is 9.08. The lowest BCUT2D eigenvalue weighted by Gasteiger charge is -2.35. The van der Waals surface area contributed by atoms with Crippen LogP contribution in [-0.2, 0) is 0 Å². The van der Waals surface area contributed by atoms with Gasteiger partial charge in [-0.2, -0.15) is 0 Å². The van der Waals surface area contributed by atoms with Crippen molar-refractivity contribution in [2.24, 2.45) is 0 Å². The van der Waals surface area contributed by atoms with Gasteiger partial charge in [0, 0.05) is 16.6 Å². The van der Waals surface area contributed by atoms with Crippen LogP contribution < -0.4 is 25.9 Å². The lowest BCUT2D eigenvalue weighted by Crippen LogP contribution is -2.57. The van der Waals surface area contributed by atoms with Crippen LogP contribution >= 0.6 is 0 Å². The Balaban J connectivity index is 1.50. The molecule has 210 valence electrons. The monoisotopic (exact) mass is 581 g/mol. The minimum atomic E-state index is -0.984. The number of benzene rings is 7. The van der Waals surface area contributed by atoms with E-state index in [0.717, 1.165) is 0 Å². The van der Waals surface area contributed by atoms with Crippen molar-refractivity contribution in [2.75, 3.05) is 0 Å². The van der Waals surface area contributed by atoms with E-state index < -0.39 is 12.8 Å². The first-order valence-corrected chi connectivity index (χ1v) is 14.8. The third kappa shape index (κ3) is 4.28. The van der Waals surface area contributed by atoms with Gasteiger partial charge in [0.15, 0.2) is 0 Å². The van der Waals surface area contributed by atoms with Crippen LogP contribution in [0.1, 0.15) is 9.60 Å². The molecule has 0 N–H and O–H groups in total. The number of ether oxygens (including phenoxy) is 2. The molecule has 0 atom stereocenters. The molecule has 0 spiro atoms. The SMILES string of the molecule is [2H]c1c([2H])c2c3c(c1[2H])Oc1c(c([2H])c(-c4ccccc4)c([2H])c1-c1ccccc1)B3c1c([2H])c(-c3ccccc3)c([2H])c(-c3ccccc3)c1O2. The Morgan fingerprint density at radius 1 is 0.422 bits per heavy atom. The molecule has 0 aliphatic carbocycles. The molecule has 0 fully saturated rings. The Morgan fingerprint density at radius 3 is 1.20 bits per heavy atom. The van der Waals surface area contributed by atoms with Crippen molar-refractivity contribution >= 4 is 23.1 Å². The lowest BCUT2D eigenvalue weighted by atomic mass is 9.34. The van der Waals surface area contributed by atoms with Crippen LogP contribution in [0.4, 0.5) is 0 Å². The van der Waals surface area contributed by atoms with E-state index in [1.807, 2.05) is 121 Å². The molecular formula is C42H27BO2. The zero-order valence-corrected chi connectivity index (χ0v) is 23.9. The van der Waals surface area contributed by atoms with E-state index in [1.54, 1.807) is 0 Å². The van der Waals surface area contributed by atoms with Gasteiger partial charge in [0.25, 0.3) is 6.71 Å². The normalized spacial score (nSPS) is 14.5. The Labute approximate surface area is 273 Å². The molecule has 0 radical (unpaired) electrons. The molecule has 0 bridgehead atoms. The number of rotatable bonds is 4. The van der Waals surface area contributed by atoms with Crippen LogP contribution in [0.3, 0.4) is 0 Å². The van der Waals surface area contributed by atoms with Crippen molar-refractivity contribution in [3.8, 4) is 67.5 Å². The highest BCUT2D eigenvalue weighted by Crippen LogP contribution is 2.44. The molecule has 0 unspecified atom stereocenters. The first kappa shape index (κ1) is 19.5. The van der Waals surface area contributed by atoms with Gasteiger partial charge in [-0.25, -0.2) is 0 Å². The zero-order chi connectivity index (χ0) is 35.8. The number of hydrogen-bond donors (Lipinski definition) is 0. The van der Waals surface area contributed by atoms with E-state index in [1.165, 1.54) is 0 Å². The van der Waals surface area contributed by atoms with Gasteiger partial charge >= 0.3 is 0 Å². The van der Waals surface area contributed by atoms with E-state index in [-0.39, 0.29) is 64.7 Å². The van der Waals surface area contributed by atoms with Gasteiger partial charge in [0.1, 0.15) is 23.0 Å². The first-order valence-electron chi connectivity index (χ1n) is 18.3. The summed E-state index contributed by atoms with van der Waals surface area (Å²) in [6, 6.07) is 36.3. The van der Waals surface area contributed by atoms with Crippen LogP contribution in [0, 0.1) is 0 Å². The summed E-state index contributed by atoms with van der Waals surface area (Å²) in [4.78, 5) is 0. The minimum Gasteiger partial charge on any atom is -0.458 e. The van der Waals surface area contributed by atoms with Crippen LogP contribution in [0.15, 0.2) is 164 Å². The van der Waals surface area contributed by atoms with Gasteiger partial charge in [0.2, 0.25) is 0 Å². The lowest BCUT2D eigenvalue weighted by molar-refractivity contribution is 0.466. The van der Waals surface area contributed by atoms with Crippen molar-refractivity contribution in [1.82, 2.24) is 0 Å². The molecule has 0 saturated carbocycles. The molecular weight excluding hydrogens is 547 g/mol. The zero-order valence-electron chi connectivity index (χ0n) is 30.9. The standard InChI is InChI=1S/C42H27BO2/c1-5-14-28(15-6-1)32-24-34(30-18-9-3-10-19-30)41-36(26-32)43-37-27-33(29-16-7-2-8-17-29)25-35(31-20-11-4-12-21-31)42(37)45-39-23-13-22-38(44-41)40(39)43/h1-27H/i13D,22D,23D,24D,25D,26D,27D. The van der Waals surface area contributed by atoms with E-state index in [9.17, 15) is 5.48 Å². The molecule has 0 aromatic heterocycles. The fourth-order valence-electron chi connectivity index (χ4n) is 6.25. The van der Waals surface area contributed by atoms with E-state index >= 15 is 0 Å². The summed E-state index contributed by atoms with van der Waals surface area (Å²) < 4.78 is 79.2. The summed E-state index contributed by atoms with van der Waals surface area (Å²) in [5.41, 5.74) is 5.16. The van der Waals surface area contributed by atoms with Crippen LogP contribution in [0.2, 0.25) is 0 Å². The van der Waals surface area contributed by atoms with Gasteiger partial charge < -0.3 is 9.47 Å². The maximum Gasteiger partial charge on any atom is 0.260 e. The largest absolute Gasteiger partial charge is 0.458 e. The van der Waals surface area contributed by atoms with Gasteiger partial charge in [-0.15, -0.1) is 0 Å². The van der Waals surface area contributed by atoms with Crippen molar-refractivity contribution in [2.45, 2.75) is 0 Å². The molecule has 0 saturated heterocycles. The molecule has 9 rings (SSSR count). The molecule has 7 aromatic carbocycles. The minimum absolute atomic E-state index is 0.00483. The maximum absolute atomic E-state index is 9.90. The maximum atomic E-state index is 9.90. The summed E-state index contributed by atoms with van der Waals surface area (Å²) >= 11 is 0. The molecule has 0 amide bonds. The Morgan fingerprint density at radius 2 is 0.800 bits per heavy atom. The van der Waals surface area contributed by atoms with E-state index in [0.29, 0.717) is 55.4 Å².